The van der Waals surface area contributed by atoms with Gasteiger partial charge in [-0.2, -0.15) is 5.10 Å². The maximum absolute atomic E-state index is 12.3. The Labute approximate surface area is 99.8 Å². The van der Waals surface area contributed by atoms with Gasteiger partial charge in [0.1, 0.15) is 5.69 Å². The Kier molecular flexibility index (Phi) is 2.80. The quantitative estimate of drug-likeness (QED) is 0.819. The molecule has 1 unspecified atom stereocenters. The van der Waals surface area contributed by atoms with Gasteiger partial charge in [0.25, 0.3) is 0 Å². The number of aromatic nitrogens is 2. The van der Waals surface area contributed by atoms with Crippen LogP contribution in [0.25, 0.3) is 0 Å². The highest BCUT2D eigenvalue weighted by Gasteiger charge is 2.45. The van der Waals surface area contributed by atoms with E-state index >= 15 is 0 Å². The lowest BCUT2D eigenvalue weighted by Gasteiger charge is -2.23. The number of nitrogens with two attached hydrogens (primary N) is 1. The van der Waals surface area contributed by atoms with Crippen molar-refractivity contribution in [1.29, 1.82) is 0 Å². The number of halogens is 1. The van der Waals surface area contributed by atoms with Gasteiger partial charge in [-0.3, -0.25) is 9.48 Å². The second kappa shape index (κ2) is 3.86. The molecule has 0 radical (unpaired) electrons. The van der Waals surface area contributed by atoms with Gasteiger partial charge in [0.2, 0.25) is 5.78 Å². The SMILES string of the molecule is CCn1ncc(Cl)c1C(=O)C(C)(N)C1CC1. The highest BCUT2D eigenvalue weighted by molar-refractivity contribution is 6.34. The number of hydrogen-bond acceptors (Lipinski definition) is 3. The van der Waals surface area contributed by atoms with Gasteiger partial charge in [-0.25, -0.2) is 0 Å². The molecule has 1 saturated carbocycles. The fourth-order valence-electron chi connectivity index (χ4n) is 1.95. The van der Waals surface area contributed by atoms with Gasteiger partial charge in [-0.05, 0) is 32.6 Å². The molecule has 1 aromatic heterocycles. The van der Waals surface area contributed by atoms with Crippen molar-refractivity contribution in [3.05, 3.63) is 16.9 Å². The summed E-state index contributed by atoms with van der Waals surface area (Å²) in [6.07, 6.45) is 3.55. The monoisotopic (exact) mass is 241 g/mol. The van der Waals surface area contributed by atoms with Gasteiger partial charge >= 0.3 is 0 Å². The topological polar surface area (TPSA) is 60.9 Å². The summed E-state index contributed by atoms with van der Waals surface area (Å²) in [6.45, 7) is 4.33. The van der Waals surface area contributed by atoms with E-state index in [1.165, 1.54) is 6.20 Å². The first-order valence-corrected chi connectivity index (χ1v) is 5.91. The van der Waals surface area contributed by atoms with Crippen molar-refractivity contribution in [2.75, 3.05) is 0 Å². The molecule has 1 aliphatic carbocycles. The van der Waals surface area contributed by atoms with Crippen molar-refractivity contribution < 1.29 is 4.79 Å². The summed E-state index contributed by atoms with van der Waals surface area (Å²) in [5, 5.41) is 4.45. The number of aryl methyl sites for hydroxylation is 1. The Morgan fingerprint density at radius 3 is 2.88 bits per heavy atom. The van der Waals surface area contributed by atoms with Crippen LogP contribution >= 0.6 is 11.6 Å². The molecule has 0 bridgehead atoms. The van der Waals surface area contributed by atoms with Gasteiger partial charge in [-0.1, -0.05) is 11.6 Å². The summed E-state index contributed by atoms with van der Waals surface area (Å²) in [7, 11) is 0. The molecule has 16 heavy (non-hydrogen) atoms. The zero-order chi connectivity index (χ0) is 11.9. The lowest BCUT2D eigenvalue weighted by molar-refractivity contribution is 0.0872. The number of rotatable bonds is 4. The maximum Gasteiger partial charge on any atom is 0.202 e. The van der Waals surface area contributed by atoms with E-state index in [0.717, 1.165) is 12.8 Å². The Morgan fingerprint density at radius 2 is 2.38 bits per heavy atom. The maximum atomic E-state index is 12.3. The van der Waals surface area contributed by atoms with Crippen molar-refractivity contribution in [1.82, 2.24) is 9.78 Å². The molecule has 0 aliphatic heterocycles. The van der Waals surface area contributed by atoms with Crippen LogP contribution < -0.4 is 5.73 Å². The number of carbonyl (C=O) groups is 1. The van der Waals surface area contributed by atoms with Crippen LogP contribution in [-0.2, 0) is 6.54 Å². The van der Waals surface area contributed by atoms with Crippen LogP contribution in [0.15, 0.2) is 6.20 Å². The molecule has 0 aromatic carbocycles. The molecule has 2 N–H and O–H groups in total. The van der Waals surface area contributed by atoms with Crippen LogP contribution in [0, 0.1) is 5.92 Å². The van der Waals surface area contributed by atoms with Crippen LogP contribution in [0.4, 0.5) is 0 Å². The summed E-state index contributed by atoms with van der Waals surface area (Å²) < 4.78 is 1.61. The minimum atomic E-state index is -0.809. The van der Waals surface area contributed by atoms with Gasteiger partial charge in [0, 0.05) is 6.54 Å². The van der Waals surface area contributed by atoms with Crippen LogP contribution in [0.2, 0.25) is 5.02 Å². The van der Waals surface area contributed by atoms with E-state index in [0.29, 0.717) is 17.3 Å². The standard InChI is InChI=1S/C11H16ClN3O/c1-3-15-9(8(12)6-14-15)10(16)11(2,13)7-4-5-7/h6-7H,3-5,13H2,1-2H3. The second-order valence-electron chi connectivity index (χ2n) is 4.54. The van der Waals surface area contributed by atoms with Crippen LogP contribution in [-0.4, -0.2) is 21.1 Å². The van der Waals surface area contributed by atoms with E-state index in [2.05, 4.69) is 5.10 Å². The molecule has 1 heterocycles. The summed E-state index contributed by atoms with van der Waals surface area (Å²) in [6, 6.07) is 0. The smallest absolute Gasteiger partial charge is 0.202 e. The van der Waals surface area contributed by atoms with Crippen molar-refractivity contribution in [2.45, 2.75) is 38.8 Å². The van der Waals surface area contributed by atoms with Crippen molar-refractivity contribution in [3.63, 3.8) is 0 Å². The van der Waals surface area contributed by atoms with Crippen LogP contribution in [0.1, 0.15) is 37.2 Å². The zero-order valence-electron chi connectivity index (χ0n) is 9.53. The van der Waals surface area contributed by atoms with E-state index in [1.807, 2.05) is 6.92 Å². The van der Waals surface area contributed by atoms with Crippen molar-refractivity contribution >= 4 is 17.4 Å². The molecule has 1 aliphatic rings. The predicted octanol–water partition coefficient (Wildman–Crippen LogP) is 1.87. The average molecular weight is 242 g/mol. The zero-order valence-corrected chi connectivity index (χ0v) is 10.3. The van der Waals surface area contributed by atoms with E-state index in [9.17, 15) is 4.79 Å². The van der Waals surface area contributed by atoms with Crippen molar-refractivity contribution in [2.24, 2.45) is 11.7 Å². The highest BCUT2D eigenvalue weighted by atomic mass is 35.5. The summed E-state index contributed by atoms with van der Waals surface area (Å²) in [5.41, 5.74) is 5.74. The first kappa shape index (κ1) is 11.6. The Morgan fingerprint density at radius 1 is 1.75 bits per heavy atom. The van der Waals surface area contributed by atoms with Gasteiger partial charge in [0.05, 0.1) is 16.8 Å². The Hall–Kier alpha value is -0.870. The molecule has 88 valence electrons. The normalized spacial score (nSPS) is 19.5. The minimum Gasteiger partial charge on any atom is -0.319 e. The second-order valence-corrected chi connectivity index (χ2v) is 4.95. The third-order valence-corrected chi connectivity index (χ3v) is 3.50. The third kappa shape index (κ3) is 1.76. The number of ketones is 1. The Balaban J connectivity index is 2.36. The van der Waals surface area contributed by atoms with E-state index in [1.54, 1.807) is 11.6 Å². The largest absolute Gasteiger partial charge is 0.319 e. The first-order valence-electron chi connectivity index (χ1n) is 5.53. The number of nitrogens with zero attached hydrogens (tertiary/aromatic N) is 2. The van der Waals surface area contributed by atoms with Crippen molar-refractivity contribution in [3.8, 4) is 0 Å². The molecule has 0 amide bonds. The van der Waals surface area contributed by atoms with E-state index in [-0.39, 0.29) is 11.7 Å². The molecular weight excluding hydrogens is 226 g/mol. The number of Topliss-reactive ketones (excluding diaryl/α,β-unsaturated/α-hetero) is 1. The summed E-state index contributed by atoms with van der Waals surface area (Å²) in [5.74, 6) is 0.190. The fraction of sp³-hybridized carbons (Fsp3) is 0.636. The van der Waals surface area contributed by atoms with Crippen LogP contribution in [0.3, 0.4) is 0 Å². The van der Waals surface area contributed by atoms with Crippen LogP contribution in [0.5, 0.6) is 0 Å². The summed E-state index contributed by atoms with van der Waals surface area (Å²) in [4.78, 5) is 12.3. The number of carbonyl (C=O) groups excluding carboxylic acids is 1. The Bertz CT molecular complexity index is 421. The van der Waals surface area contributed by atoms with E-state index in [4.69, 9.17) is 17.3 Å². The van der Waals surface area contributed by atoms with Gasteiger partial charge < -0.3 is 5.73 Å². The summed E-state index contributed by atoms with van der Waals surface area (Å²) >= 11 is 5.99. The molecule has 0 spiro atoms. The highest BCUT2D eigenvalue weighted by Crippen LogP contribution is 2.40. The first-order chi connectivity index (χ1) is 7.48. The number of hydrogen-bond donors (Lipinski definition) is 1. The molecular formula is C11H16ClN3O. The lowest BCUT2D eigenvalue weighted by Crippen LogP contribution is -2.48. The molecule has 1 atom stereocenters. The molecule has 5 heteroatoms. The van der Waals surface area contributed by atoms with Gasteiger partial charge in [-0.15, -0.1) is 0 Å². The average Bonchev–Trinajstić information content (AvgIpc) is 3.02. The molecule has 1 aromatic rings. The fourth-order valence-corrected chi connectivity index (χ4v) is 2.18. The third-order valence-electron chi connectivity index (χ3n) is 3.22. The lowest BCUT2D eigenvalue weighted by atomic mass is 9.90. The predicted molar refractivity (Wildman–Crippen MR) is 62.6 cm³/mol. The molecule has 2 rings (SSSR count). The van der Waals surface area contributed by atoms with Gasteiger partial charge in [0.15, 0.2) is 0 Å². The molecule has 0 saturated heterocycles. The minimum absolute atomic E-state index is 0.0978. The molecule has 4 nitrogen and oxygen atoms in total. The molecule has 1 fully saturated rings. The van der Waals surface area contributed by atoms with E-state index < -0.39 is 5.54 Å².